The van der Waals surface area contributed by atoms with Crippen LogP contribution in [0.5, 0.6) is 0 Å². The number of anilines is 1. The Kier molecular flexibility index (Phi) is 6.04. The average Bonchev–Trinajstić information content (AvgIpc) is 3.62. The Hall–Kier alpha value is -2.81. The molecule has 164 valence electrons. The lowest BCUT2D eigenvalue weighted by molar-refractivity contribution is 0.0936. The summed E-state index contributed by atoms with van der Waals surface area (Å²) in [6.07, 6.45) is 10.2. The Bertz CT molecular complexity index is 1110. The summed E-state index contributed by atoms with van der Waals surface area (Å²) in [5.41, 5.74) is 3.02. The van der Waals surface area contributed by atoms with Crippen LogP contribution in [-0.4, -0.2) is 41.6 Å². The molecule has 2 heterocycles. The second-order valence-corrected chi connectivity index (χ2v) is 10.3. The van der Waals surface area contributed by atoms with Gasteiger partial charge in [-0.3, -0.25) is 9.78 Å². The lowest BCUT2D eigenvalue weighted by Crippen LogP contribution is -2.36. The summed E-state index contributed by atoms with van der Waals surface area (Å²) in [6.45, 7) is 2.41. The first kappa shape index (κ1) is 21.4. The minimum Gasteiger partial charge on any atom is -0.364 e. The van der Waals surface area contributed by atoms with Crippen LogP contribution >= 0.6 is 0 Å². The minimum absolute atomic E-state index is 0.212. The molecule has 4 rings (SSSR count). The summed E-state index contributed by atoms with van der Waals surface area (Å²) in [7, 11) is -3.26. The molecule has 2 fully saturated rings. The van der Waals surface area contributed by atoms with Crippen LogP contribution in [0, 0.1) is 12.8 Å². The summed E-state index contributed by atoms with van der Waals surface area (Å²) in [5.74, 6) is 0.722. The Balaban J connectivity index is 1.55. The molecule has 2 aliphatic rings. The van der Waals surface area contributed by atoms with E-state index in [1.165, 1.54) is 0 Å². The molecule has 0 spiro atoms. The molecule has 0 aromatic carbocycles. The monoisotopic (exact) mass is 441 g/mol. The van der Waals surface area contributed by atoms with Crippen molar-refractivity contribution in [1.82, 2.24) is 20.3 Å². The molecule has 2 aromatic rings. The number of hydrogen-bond acceptors (Lipinski definition) is 7. The maximum absolute atomic E-state index is 13.1. The van der Waals surface area contributed by atoms with E-state index in [1.54, 1.807) is 18.5 Å². The molecular formula is C22H27N5O3S. The topological polar surface area (TPSA) is 114 Å². The Labute approximate surface area is 182 Å². The quantitative estimate of drug-likeness (QED) is 0.615. The molecule has 1 atom stereocenters. The Morgan fingerprint density at radius 2 is 2.03 bits per heavy atom. The number of aromatic nitrogens is 3. The number of pyridine rings is 1. The first-order chi connectivity index (χ1) is 14.8. The van der Waals surface area contributed by atoms with E-state index in [4.69, 9.17) is 0 Å². The summed E-state index contributed by atoms with van der Waals surface area (Å²) in [6, 6.07) is 3.51. The zero-order valence-corrected chi connectivity index (χ0v) is 18.5. The first-order valence-corrected chi connectivity index (χ1v) is 12.5. The number of carbonyl (C=O) groups excluding carboxylic acids is 1. The van der Waals surface area contributed by atoms with Gasteiger partial charge in [-0.15, -0.1) is 0 Å². The summed E-state index contributed by atoms with van der Waals surface area (Å²) < 4.78 is 23.0. The van der Waals surface area contributed by atoms with Crippen LogP contribution in [0.3, 0.4) is 0 Å². The highest BCUT2D eigenvalue weighted by atomic mass is 32.2. The van der Waals surface area contributed by atoms with Crippen LogP contribution < -0.4 is 10.6 Å². The van der Waals surface area contributed by atoms with E-state index < -0.39 is 9.84 Å². The van der Waals surface area contributed by atoms with Crippen LogP contribution in [0.1, 0.15) is 59.0 Å². The van der Waals surface area contributed by atoms with Crippen molar-refractivity contribution in [3.05, 3.63) is 58.7 Å². The molecule has 0 unspecified atom stereocenters. The molecule has 2 N–H and O–H groups in total. The van der Waals surface area contributed by atoms with Gasteiger partial charge in [0, 0.05) is 42.2 Å². The third-order valence-corrected chi connectivity index (χ3v) is 6.18. The third kappa shape index (κ3) is 5.88. The van der Waals surface area contributed by atoms with Crippen LogP contribution in [0.2, 0.25) is 0 Å². The van der Waals surface area contributed by atoms with Crippen molar-refractivity contribution in [2.45, 2.75) is 51.1 Å². The van der Waals surface area contributed by atoms with Gasteiger partial charge in [-0.05, 0) is 50.2 Å². The Morgan fingerprint density at radius 3 is 2.68 bits per heavy atom. The van der Waals surface area contributed by atoms with Crippen molar-refractivity contribution in [1.29, 1.82) is 0 Å². The largest absolute Gasteiger partial charge is 0.364 e. The lowest BCUT2D eigenvalue weighted by Gasteiger charge is -2.16. The van der Waals surface area contributed by atoms with Gasteiger partial charge in [-0.2, -0.15) is 0 Å². The van der Waals surface area contributed by atoms with Gasteiger partial charge in [0.1, 0.15) is 0 Å². The molecule has 0 radical (unpaired) electrons. The van der Waals surface area contributed by atoms with Gasteiger partial charge in [-0.25, -0.2) is 18.4 Å². The minimum atomic E-state index is -3.26. The molecule has 9 heteroatoms. The molecular weight excluding hydrogens is 414 g/mol. The molecule has 8 nitrogen and oxygen atoms in total. The summed E-state index contributed by atoms with van der Waals surface area (Å²) >= 11 is 0. The lowest BCUT2D eigenvalue weighted by atomic mass is 10.1. The van der Waals surface area contributed by atoms with Crippen LogP contribution in [0.25, 0.3) is 0 Å². The average molecular weight is 442 g/mol. The SMILES string of the molecule is Cc1ncccc1CNc1nc(C2CC2)cnc1C(=O)N[C@H](/C=C/S(C)(=O)=O)C1CC1. The number of nitrogens with one attached hydrogen (secondary N) is 2. The number of aryl methyl sites for hydroxylation is 1. The smallest absolute Gasteiger partial charge is 0.274 e. The first-order valence-electron chi connectivity index (χ1n) is 10.5. The van der Waals surface area contributed by atoms with E-state index in [0.29, 0.717) is 18.3 Å². The van der Waals surface area contributed by atoms with Crippen molar-refractivity contribution >= 4 is 21.6 Å². The highest BCUT2D eigenvalue weighted by Gasteiger charge is 2.32. The highest BCUT2D eigenvalue weighted by molar-refractivity contribution is 7.93. The fraction of sp³-hybridized carbons (Fsp3) is 0.455. The van der Waals surface area contributed by atoms with Crippen LogP contribution in [0.4, 0.5) is 5.82 Å². The van der Waals surface area contributed by atoms with Gasteiger partial charge >= 0.3 is 0 Å². The van der Waals surface area contributed by atoms with Gasteiger partial charge in [0.15, 0.2) is 21.3 Å². The summed E-state index contributed by atoms with van der Waals surface area (Å²) in [4.78, 5) is 26.5. The maximum Gasteiger partial charge on any atom is 0.274 e. The Morgan fingerprint density at radius 1 is 1.26 bits per heavy atom. The van der Waals surface area contributed by atoms with Crippen molar-refractivity contribution in [2.24, 2.45) is 5.92 Å². The fourth-order valence-corrected chi connectivity index (χ4v) is 3.83. The molecule has 2 saturated carbocycles. The molecule has 0 bridgehead atoms. The second-order valence-electron chi connectivity index (χ2n) is 8.36. The van der Waals surface area contributed by atoms with E-state index in [-0.39, 0.29) is 23.6 Å². The second kappa shape index (κ2) is 8.74. The zero-order chi connectivity index (χ0) is 22.0. The fourth-order valence-electron chi connectivity index (χ4n) is 3.38. The number of sulfone groups is 1. The third-order valence-electron chi connectivity index (χ3n) is 5.53. The van der Waals surface area contributed by atoms with E-state index in [0.717, 1.165) is 54.3 Å². The molecule has 1 amide bonds. The molecule has 2 aliphatic carbocycles. The highest BCUT2D eigenvalue weighted by Crippen LogP contribution is 2.39. The zero-order valence-electron chi connectivity index (χ0n) is 17.7. The van der Waals surface area contributed by atoms with Crippen molar-refractivity contribution in [3.63, 3.8) is 0 Å². The van der Waals surface area contributed by atoms with Gasteiger partial charge in [-0.1, -0.05) is 12.1 Å². The molecule has 31 heavy (non-hydrogen) atoms. The number of carbonyl (C=O) groups is 1. The van der Waals surface area contributed by atoms with E-state index in [9.17, 15) is 13.2 Å². The molecule has 2 aromatic heterocycles. The van der Waals surface area contributed by atoms with E-state index in [1.807, 2.05) is 19.1 Å². The predicted molar refractivity (Wildman–Crippen MR) is 118 cm³/mol. The van der Waals surface area contributed by atoms with Gasteiger partial charge in [0.05, 0.1) is 11.7 Å². The standard InChI is InChI=1S/C22H27N5O3S/c1-14-17(4-3-10-23-14)12-25-21-20(24-13-19(26-21)16-7-8-16)22(28)27-18(15-5-6-15)9-11-31(2,29)30/h3-4,9-11,13,15-16,18H,5-8,12H2,1-2H3,(H,25,26)(H,27,28)/b11-9+/t18-/m1/s1. The normalized spacial score (nSPS) is 17.5. The number of rotatable bonds is 9. The van der Waals surface area contributed by atoms with Crippen molar-refractivity contribution in [2.75, 3.05) is 11.6 Å². The molecule has 0 saturated heterocycles. The van der Waals surface area contributed by atoms with E-state index >= 15 is 0 Å². The van der Waals surface area contributed by atoms with Gasteiger partial charge in [0.2, 0.25) is 0 Å². The molecule has 0 aliphatic heterocycles. The maximum atomic E-state index is 13.1. The van der Waals surface area contributed by atoms with E-state index in [2.05, 4.69) is 25.6 Å². The number of hydrogen-bond donors (Lipinski definition) is 2. The van der Waals surface area contributed by atoms with Crippen LogP contribution in [-0.2, 0) is 16.4 Å². The van der Waals surface area contributed by atoms with Crippen molar-refractivity contribution in [3.8, 4) is 0 Å². The number of nitrogens with zero attached hydrogens (tertiary/aromatic N) is 3. The van der Waals surface area contributed by atoms with Crippen LogP contribution in [0.15, 0.2) is 36.0 Å². The summed E-state index contributed by atoms with van der Waals surface area (Å²) in [5, 5.41) is 7.35. The van der Waals surface area contributed by atoms with Gasteiger partial charge < -0.3 is 10.6 Å². The van der Waals surface area contributed by atoms with Gasteiger partial charge in [0.25, 0.3) is 5.91 Å². The predicted octanol–water partition coefficient (Wildman–Crippen LogP) is 2.74. The number of amides is 1. The van der Waals surface area contributed by atoms with Crippen molar-refractivity contribution < 1.29 is 13.2 Å².